The molecule has 0 aliphatic heterocycles. The van der Waals surface area contributed by atoms with Crippen molar-refractivity contribution in [3.05, 3.63) is 58.4 Å². The third-order valence-corrected chi connectivity index (χ3v) is 3.04. The predicted octanol–water partition coefficient (Wildman–Crippen LogP) is 3.55. The number of nitrogens with zero attached hydrogens (tertiary/aromatic N) is 1. The van der Waals surface area contributed by atoms with Crippen LogP contribution in [-0.2, 0) is 11.2 Å². The van der Waals surface area contributed by atoms with Crippen molar-refractivity contribution < 1.29 is 9.18 Å². The summed E-state index contributed by atoms with van der Waals surface area (Å²) in [4.78, 5) is 15.7. The highest BCUT2D eigenvalue weighted by Gasteiger charge is 2.06. The van der Waals surface area contributed by atoms with Gasteiger partial charge in [-0.2, -0.15) is 0 Å². The highest BCUT2D eigenvalue weighted by molar-refractivity contribution is 9.10. The van der Waals surface area contributed by atoms with Crippen molar-refractivity contribution >= 4 is 27.7 Å². The average molecular weight is 323 g/mol. The second kappa shape index (κ2) is 6.43. The van der Waals surface area contributed by atoms with Crippen LogP contribution in [-0.4, -0.2) is 10.9 Å². The number of anilines is 1. The van der Waals surface area contributed by atoms with E-state index in [-0.39, 0.29) is 18.1 Å². The fourth-order valence-electron chi connectivity index (χ4n) is 1.60. The molecule has 0 aliphatic carbocycles. The molecule has 19 heavy (non-hydrogen) atoms. The number of hydrogen-bond acceptors (Lipinski definition) is 2. The lowest BCUT2D eigenvalue weighted by atomic mass is 10.1. The molecule has 2 aromatic rings. The first-order chi connectivity index (χ1) is 9.15. The van der Waals surface area contributed by atoms with Crippen LogP contribution in [0.3, 0.4) is 0 Å². The Morgan fingerprint density at radius 2 is 2.05 bits per heavy atom. The lowest BCUT2D eigenvalue weighted by molar-refractivity contribution is -0.116. The summed E-state index contributed by atoms with van der Waals surface area (Å²) in [5.41, 5.74) is 0.543. The SMILES string of the molecule is O=C(CCc1ccccc1F)Nc1ccc(Br)cn1. The number of aromatic nitrogens is 1. The second-order valence-electron chi connectivity index (χ2n) is 4.00. The van der Waals surface area contributed by atoms with Gasteiger partial charge in [0.2, 0.25) is 5.91 Å². The fraction of sp³-hybridized carbons (Fsp3) is 0.143. The van der Waals surface area contributed by atoms with E-state index in [0.29, 0.717) is 17.8 Å². The van der Waals surface area contributed by atoms with E-state index in [9.17, 15) is 9.18 Å². The van der Waals surface area contributed by atoms with Gasteiger partial charge < -0.3 is 5.32 Å². The first-order valence-electron chi connectivity index (χ1n) is 5.80. The van der Waals surface area contributed by atoms with Crippen molar-refractivity contribution in [2.45, 2.75) is 12.8 Å². The van der Waals surface area contributed by atoms with Gasteiger partial charge >= 0.3 is 0 Å². The minimum Gasteiger partial charge on any atom is -0.311 e. The lowest BCUT2D eigenvalue weighted by Gasteiger charge is -2.05. The number of nitrogens with one attached hydrogen (secondary N) is 1. The number of halogens is 2. The van der Waals surface area contributed by atoms with Gasteiger partial charge in [0, 0.05) is 17.1 Å². The van der Waals surface area contributed by atoms with Gasteiger partial charge in [-0.1, -0.05) is 18.2 Å². The minimum absolute atomic E-state index is 0.182. The van der Waals surface area contributed by atoms with Crippen LogP contribution in [0.15, 0.2) is 47.1 Å². The Kier molecular flexibility index (Phi) is 4.63. The summed E-state index contributed by atoms with van der Waals surface area (Å²) in [7, 11) is 0. The molecule has 1 heterocycles. The van der Waals surface area contributed by atoms with Gasteiger partial charge in [0.15, 0.2) is 0 Å². The number of pyridine rings is 1. The summed E-state index contributed by atoms with van der Waals surface area (Å²) in [6, 6.07) is 9.95. The summed E-state index contributed by atoms with van der Waals surface area (Å²) < 4.78 is 14.2. The van der Waals surface area contributed by atoms with Crippen molar-refractivity contribution in [3.63, 3.8) is 0 Å². The number of carbonyl (C=O) groups is 1. The smallest absolute Gasteiger partial charge is 0.225 e. The number of aryl methyl sites for hydroxylation is 1. The largest absolute Gasteiger partial charge is 0.311 e. The number of amides is 1. The van der Waals surface area contributed by atoms with E-state index in [4.69, 9.17) is 0 Å². The maximum Gasteiger partial charge on any atom is 0.225 e. The molecule has 0 spiro atoms. The second-order valence-corrected chi connectivity index (χ2v) is 4.92. The molecular formula is C14H12BrFN2O. The zero-order valence-electron chi connectivity index (χ0n) is 10.1. The van der Waals surface area contributed by atoms with E-state index in [0.717, 1.165) is 4.47 Å². The predicted molar refractivity (Wildman–Crippen MR) is 75.3 cm³/mol. The van der Waals surface area contributed by atoms with Crippen molar-refractivity contribution in [2.75, 3.05) is 5.32 Å². The summed E-state index contributed by atoms with van der Waals surface area (Å²) in [5, 5.41) is 2.67. The lowest BCUT2D eigenvalue weighted by Crippen LogP contribution is -2.13. The number of rotatable bonds is 4. The molecule has 1 N–H and O–H groups in total. The first-order valence-corrected chi connectivity index (χ1v) is 6.59. The van der Waals surface area contributed by atoms with E-state index >= 15 is 0 Å². The highest BCUT2D eigenvalue weighted by atomic mass is 79.9. The van der Waals surface area contributed by atoms with Crippen molar-refractivity contribution in [2.24, 2.45) is 0 Å². The molecular weight excluding hydrogens is 311 g/mol. The minimum atomic E-state index is -0.280. The Hall–Kier alpha value is -1.75. The van der Waals surface area contributed by atoms with Gasteiger partial charge in [0.25, 0.3) is 0 Å². The van der Waals surface area contributed by atoms with Crippen LogP contribution in [0.1, 0.15) is 12.0 Å². The zero-order valence-corrected chi connectivity index (χ0v) is 11.7. The molecule has 0 radical (unpaired) electrons. The topological polar surface area (TPSA) is 42.0 Å². The van der Waals surface area contributed by atoms with Crippen molar-refractivity contribution in [1.29, 1.82) is 0 Å². The Morgan fingerprint density at radius 1 is 1.26 bits per heavy atom. The van der Waals surface area contributed by atoms with E-state index in [1.807, 2.05) is 0 Å². The highest BCUT2D eigenvalue weighted by Crippen LogP contribution is 2.12. The molecule has 0 bridgehead atoms. The fourth-order valence-corrected chi connectivity index (χ4v) is 1.84. The standard InChI is InChI=1S/C14H12BrFN2O/c15-11-6-7-13(17-9-11)18-14(19)8-5-10-3-1-2-4-12(10)16/h1-4,6-7,9H,5,8H2,(H,17,18,19). The zero-order chi connectivity index (χ0) is 13.7. The molecule has 0 fully saturated rings. The maximum absolute atomic E-state index is 13.4. The number of benzene rings is 1. The van der Waals surface area contributed by atoms with Crippen LogP contribution in [0, 0.1) is 5.82 Å². The maximum atomic E-state index is 13.4. The van der Waals surface area contributed by atoms with Crippen molar-refractivity contribution in [1.82, 2.24) is 4.98 Å². The Bertz CT molecular complexity index is 572. The monoisotopic (exact) mass is 322 g/mol. The molecule has 98 valence electrons. The van der Waals surface area contributed by atoms with Crippen LogP contribution in [0.2, 0.25) is 0 Å². The van der Waals surface area contributed by atoms with Gasteiger partial charge in [-0.05, 0) is 46.1 Å². The van der Waals surface area contributed by atoms with E-state index in [1.165, 1.54) is 6.07 Å². The van der Waals surface area contributed by atoms with Crippen LogP contribution in [0.4, 0.5) is 10.2 Å². The van der Waals surface area contributed by atoms with Gasteiger partial charge in [0.1, 0.15) is 11.6 Å². The first kappa shape index (κ1) is 13.7. The van der Waals surface area contributed by atoms with E-state index in [1.54, 1.807) is 36.5 Å². The Morgan fingerprint density at radius 3 is 2.74 bits per heavy atom. The van der Waals surface area contributed by atoms with Crippen LogP contribution in [0.5, 0.6) is 0 Å². The normalized spacial score (nSPS) is 10.2. The summed E-state index contributed by atoms with van der Waals surface area (Å²) >= 11 is 3.26. The van der Waals surface area contributed by atoms with Crippen LogP contribution >= 0.6 is 15.9 Å². The Labute approximate surface area is 119 Å². The summed E-state index contributed by atoms with van der Waals surface area (Å²) in [6.45, 7) is 0. The molecule has 1 aromatic heterocycles. The molecule has 1 amide bonds. The van der Waals surface area contributed by atoms with E-state index < -0.39 is 0 Å². The third kappa shape index (κ3) is 4.13. The van der Waals surface area contributed by atoms with Gasteiger partial charge in [-0.15, -0.1) is 0 Å². The molecule has 1 aromatic carbocycles. The van der Waals surface area contributed by atoms with Crippen LogP contribution < -0.4 is 5.32 Å². The number of hydrogen-bond donors (Lipinski definition) is 1. The molecule has 0 atom stereocenters. The molecule has 0 unspecified atom stereocenters. The van der Waals surface area contributed by atoms with Crippen LogP contribution in [0.25, 0.3) is 0 Å². The molecule has 0 saturated heterocycles. The average Bonchev–Trinajstić information content (AvgIpc) is 2.40. The number of carbonyl (C=O) groups excluding carboxylic acids is 1. The van der Waals surface area contributed by atoms with E-state index in [2.05, 4.69) is 26.2 Å². The Balaban J connectivity index is 1.88. The molecule has 3 nitrogen and oxygen atoms in total. The molecule has 2 rings (SSSR count). The van der Waals surface area contributed by atoms with Gasteiger partial charge in [0.05, 0.1) is 0 Å². The molecule has 5 heteroatoms. The van der Waals surface area contributed by atoms with Crippen molar-refractivity contribution in [3.8, 4) is 0 Å². The molecule has 0 saturated carbocycles. The summed E-state index contributed by atoms with van der Waals surface area (Å²) in [5.74, 6) is 0.0249. The third-order valence-electron chi connectivity index (χ3n) is 2.57. The molecule has 0 aliphatic rings. The van der Waals surface area contributed by atoms with Gasteiger partial charge in [-0.3, -0.25) is 4.79 Å². The summed E-state index contributed by atoms with van der Waals surface area (Å²) in [6.07, 6.45) is 2.19. The quantitative estimate of drug-likeness (QED) is 0.935. The van der Waals surface area contributed by atoms with Gasteiger partial charge in [-0.25, -0.2) is 9.37 Å².